The maximum absolute atomic E-state index is 6.95. The predicted molar refractivity (Wildman–Crippen MR) is 263 cm³/mol. The minimum Gasteiger partial charge on any atom is -0.456 e. The number of nitrogens with zero attached hydrogens (tertiary/aromatic N) is 1. The molecule has 0 spiro atoms. The van der Waals surface area contributed by atoms with Crippen LogP contribution in [0.2, 0.25) is 0 Å². The van der Waals surface area contributed by atoms with Crippen LogP contribution in [0.3, 0.4) is 0 Å². The fourth-order valence-corrected chi connectivity index (χ4v) is 9.24. The van der Waals surface area contributed by atoms with Gasteiger partial charge in [0.05, 0.1) is 0 Å². The molecule has 0 aliphatic carbocycles. The van der Waals surface area contributed by atoms with Gasteiger partial charge in [0.2, 0.25) is 0 Å². The molecular weight excluding hydrogens is 767 g/mol. The Kier molecular flexibility index (Phi) is 8.83. The van der Waals surface area contributed by atoms with Crippen LogP contribution in [0.1, 0.15) is 0 Å². The number of hydrogen-bond donors (Lipinski definition) is 0. The second kappa shape index (κ2) is 15.3. The normalized spacial score (nSPS) is 11.5. The molecule has 0 fully saturated rings. The van der Waals surface area contributed by atoms with E-state index in [-0.39, 0.29) is 0 Å². The quantitative estimate of drug-likeness (QED) is 0.153. The average molecular weight is 806 g/mol. The van der Waals surface area contributed by atoms with Crippen molar-refractivity contribution in [2.24, 2.45) is 0 Å². The molecule has 0 saturated heterocycles. The molecule has 0 radical (unpaired) electrons. The molecule has 0 unspecified atom stereocenters. The molecule has 10 aromatic carbocycles. The van der Waals surface area contributed by atoms with Crippen LogP contribution < -0.4 is 4.90 Å². The molecule has 0 aliphatic heterocycles. The molecule has 12 rings (SSSR count). The first-order valence-corrected chi connectivity index (χ1v) is 21.4. The predicted octanol–water partition coefficient (Wildman–Crippen LogP) is 17.3. The SMILES string of the molecule is c1ccc(-c2ccc(-c3c4oc5cccc(-c6ccc(N(c7ccc(-c8ccccc8)cc7)c7ccc(-c8ccccc8)cc7)cc6)c5c4cc4oc5ccccc5c34)cc2)cc1. The zero-order valence-corrected chi connectivity index (χ0v) is 34.3. The monoisotopic (exact) mass is 805 g/mol. The number of benzene rings is 10. The van der Waals surface area contributed by atoms with E-state index < -0.39 is 0 Å². The van der Waals surface area contributed by atoms with Crippen molar-refractivity contribution >= 4 is 60.9 Å². The van der Waals surface area contributed by atoms with Crippen molar-refractivity contribution in [1.29, 1.82) is 0 Å². The first kappa shape index (κ1) is 36.5. The standard InChI is InChI=1S/C60H39NO2/c1-4-13-40(14-5-1)43-23-25-47(26-24-43)57-59-52-19-10-11-21-54(52)62-56(59)39-53-58-51(20-12-22-55(58)63-60(53)57)46-31-37-50(38-32-46)61(48-33-27-44(28-34-48)41-15-6-2-7-16-41)49-35-29-45(30-36-49)42-17-8-3-9-18-42/h1-39H. The van der Waals surface area contributed by atoms with E-state index >= 15 is 0 Å². The van der Waals surface area contributed by atoms with Gasteiger partial charge >= 0.3 is 0 Å². The lowest BCUT2D eigenvalue weighted by Crippen LogP contribution is -2.09. The van der Waals surface area contributed by atoms with Gasteiger partial charge in [0, 0.05) is 44.2 Å². The van der Waals surface area contributed by atoms with Gasteiger partial charge in [0.15, 0.2) is 0 Å². The van der Waals surface area contributed by atoms with Crippen LogP contribution in [0.25, 0.3) is 99.5 Å². The van der Waals surface area contributed by atoms with Gasteiger partial charge in [-0.2, -0.15) is 0 Å². The number of hydrogen-bond acceptors (Lipinski definition) is 3. The topological polar surface area (TPSA) is 29.5 Å². The molecule has 0 atom stereocenters. The van der Waals surface area contributed by atoms with Crippen LogP contribution >= 0.6 is 0 Å². The Morgan fingerprint density at radius 2 is 0.698 bits per heavy atom. The third-order valence-corrected chi connectivity index (χ3v) is 12.3. The van der Waals surface area contributed by atoms with Crippen molar-refractivity contribution in [3.8, 4) is 55.6 Å². The van der Waals surface area contributed by atoms with Gasteiger partial charge in [0.1, 0.15) is 22.3 Å². The zero-order chi connectivity index (χ0) is 41.7. The Morgan fingerprint density at radius 1 is 0.270 bits per heavy atom. The highest BCUT2D eigenvalue weighted by molar-refractivity contribution is 6.25. The fourth-order valence-electron chi connectivity index (χ4n) is 9.24. The Bertz CT molecular complexity index is 3470. The number of fused-ring (bicyclic) bond motifs is 6. The number of rotatable bonds is 8. The molecule has 12 aromatic rings. The molecule has 0 aliphatic rings. The summed E-state index contributed by atoms with van der Waals surface area (Å²) >= 11 is 0. The molecule has 0 amide bonds. The Morgan fingerprint density at radius 3 is 1.24 bits per heavy atom. The highest BCUT2D eigenvalue weighted by Crippen LogP contribution is 2.47. The first-order valence-electron chi connectivity index (χ1n) is 21.4. The molecule has 63 heavy (non-hydrogen) atoms. The van der Waals surface area contributed by atoms with Gasteiger partial charge in [-0.05, 0) is 105 Å². The molecule has 3 heteroatoms. The lowest BCUT2D eigenvalue weighted by molar-refractivity contribution is 0.664. The molecule has 296 valence electrons. The molecule has 3 nitrogen and oxygen atoms in total. The summed E-state index contributed by atoms with van der Waals surface area (Å²) in [6.07, 6.45) is 0. The third kappa shape index (κ3) is 6.46. The van der Waals surface area contributed by atoms with Gasteiger partial charge in [-0.3, -0.25) is 0 Å². The first-order chi connectivity index (χ1) is 31.2. The summed E-state index contributed by atoms with van der Waals surface area (Å²) in [7, 11) is 0. The van der Waals surface area contributed by atoms with Crippen molar-refractivity contribution < 1.29 is 8.83 Å². The van der Waals surface area contributed by atoms with E-state index in [1.165, 1.54) is 33.4 Å². The van der Waals surface area contributed by atoms with Crippen LogP contribution in [0.4, 0.5) is 17.1 Å². The molecular formula is C60H39NO2. The smallest absolute Gasteiger partial charge is 0.144 e. The Balaban J connectivity index is 0.981. The minimum absolute atomic E-state index is 0.837. The van der Waals surface area contributed by atoms with Crippen LogP contribution in [0.15, 0.2) is 245 Å². The van der Waals surface area contributed by atoms with E-state index in [1.807, 2.05) is 12.1 Å². The summed E-state index contributed by atoms with van der Waals surface area (Å²) in [5, 5.41) is 4.22. The summed E-state index contributed by atoms with van der Waals surface area (Å²) in [5.74, 6) is 0. The van der Waals surface area contributed by atoms with Crippen LogP contribution in [-0.2, 0) is 0 Å². The van der Waals surface area contributed by atoms with E-state index in [0.717, 1.165) is 83.2 Å². The summed E-state index contributed by atoms with van der Waals surface area (Å²) in [4.78, 5) is 2.33. The van der Waals surface area contributed by atoms with Gasteiger partial charge in [-0.25, -0.2) is 0 Å². The number of furan rings is 2. The zero-order valence-electron chi connectivity index (χ0n) is 34.3. The fraction of sp³-hybridized carbons (Fsp3) is 0. The summed E-state index contributed by atoms with van der Waals surface area (Å²) < 4.78 is 13.6. The van der Waals surface area contributed by atoms with E-state index in [0.29, 0.717) is 0 Å². The highest BCUT2D eigenvalue weighted by Gasteiger charge is 2.23. The van der Waals surface area contributed by atoms with Crippen LogP contribution in [0, 0.1) is 0 Å². The maximum atomic E-state index is 6.95. The van der Waals surface area contributed by atoms with Crippen molar-refractivity contribution in [3.63, 3.8) is 0 Å². The molecule has 0 saturated carbocycles. The largest absolute Gasteiger partial charge is 0.456 e. The van der Waals surface area contributed by atoms with Crippen molar-refractivity contribution in [2.75, 3.05) is 4.90 Å². The number of anilines is 3. The lowest BCUT2D eigenvalue weighted by Gasteiger charge is -2.26. The van der Waals surface area contributed by atoms with Crippen molar-refractivity contribution in [3.05, 3.63) is 237 Å². The van der Waals surface area contributed by atoms with Crippen molar-refractivity contribution in [1.82, 2.24) is 0 Å². The van der Waals surface area contributed by atoms with Gasteiger partial charge in [-0.1, -0.05) is 182 Å². The second-order valence-corrected chi connectivity index (χ2v) is 16.0. The minimum atomic E-state index is 0.837. The van der Waals surface area contributed by atoms with Gasteiger partial charge in [-0.15, -0.1) is 0 Å². The number of para-hydroxylation sites is 1. The Hall–Kier alpha value is -8.40. The van der Waals surface area contributed by atoms with E-state index in [1.54, 1.807) is 0 Å². The highest BCUT2D eigenvalue weighted by atomic mass is 16.3. The lowest BCUT2D eigenvalue weighted by atomic mass is 9.93. The summed E-state index contributed by atoms with van der Waals surface area (Å²) in [5.41, 5.74) is 18.0. The maximum Gasteiger partial charge on any atom is 0.144 e. The second-order valence-electron chi connectivity index (χ2n) is 16.0. The summed E-state index contributed by atoms with van der Waals surface area (Å²) in [6, 6.07) is 83.8. The van der Waals surface area contributed by atoms with Crippen molar-refractivity contribution in [2.45, 2.75) is 0 Å². The average Bonchev–Trinajstić information content (AvgIpc) is 3.93. The Labute approximate surface area is 365 Å². The van der Waals surface area contributed by atoms with Crippen LogP contribution in [-0.4, -0.2) is 0 Å². The molecule has 2 aromatic heterocycles. The van der Waals surface area contributed by atoms with Crippen LogP contribution in [0.5, 0.6) is 0 Å². The van der Waals surface area contributed by atoms with Gasteiger partial charge < -0.3 is 13.7 Å². The molecule has 0 N–H and O–H groups in total. The van der Waals surface area contributed by atoms with E-state index in [4.69, 9.17) is 8.83 Å². The van der Waals surface area contributed by atoms with E-state index in [9.17, 15) is 0 Å². The molecule has 2 heterocycles. The molecule has 0 bridgehead atoms. The third-order valence-electron chi connectivity index (χ3n) is 12.3. The van der Waals surface area contributed by atoms with Gasteiger partial charge in [0.25, 0.3) is 0 Å². The summed E-state index contributed by atoms with van der Waals surface area (Å²) in [6.45, 7) is 0. The van der Waals surface area contributed by atoms with E-state index in [2.05, 4.69) is 229 Å².